The second-order valence-electron chi connectivity index (χ2n) is 5.65. The van der Waals surface area contributed by atoms with E-state index in [-0.39, 0.29) is 0 Å². The first-order valence-corrected chi connectivity index (χ1v) is 9.38. The molecular formula is C15H17Br3O. The summed E-state index contributed by atoms with van der Waals surface area (Å²) in [4.78, 5) is 0.631. The number of para-hydroxylation sites is 1. The van der Waals surface area contributed by atoms with Gasteiger partial charge in [0.2, 0.25) is 0 Å². The molecule has 1 spiro atoms. The van der Waals surface area contributed by atoms with E-state index in [1.807, 2.05) is 18.2 Å². The van der Waals surface area contributed by atoms with Crippen LogP contribution in [0.15, 0.2) is 27.1 Å². The molecule has 0 heterocycles. The average molecular weight is 453 g/mol. The van der Waals surface area contributed by atoms with Crippen molar-refractivity contribution in [1.29, 1.82) is 0 Å². The Balaban J connectivity index is 1.80. The molecule has 19 heavy (non-hydrogen) atoms. The van der Waals surface area contributed by atoms with E-state index in [9.17, 15) is 0 Å². The molecule has 0 amide bonds. The van der Waals surface area contributed by atoms with Crippen LogP contribution in [0.1, 0.15) is 38.5 Å². The zero-order valence-corrected chi connectivity index (χ0v) is 15.4. The molecule has 0 N–H and O–H groups in total. The number of benzene rings is 1. The van der Waals surface area contributed by atoms with Crippen LogP contribution < -0.4 is 4.74 Å². The third-order valence-corrected chi connectivity index (χ3v) is 7.18. The van der Waals surface area contributed by atoms with Crippen LogP contribution in [0.4, 0.5) is 0 Å². The van der Waals surface area contributed by atoms with Gasteiger partial charge in [-0.15, -0.1) is 0 Å². The van der Waals surface area contributed by atoms with Gasteiger partial charge in [0, 0.05) is 10.2 Å². The lowest BCUT2D eigenvalue weighted by Gasteiger charge is -2.55. The van der Waals surface area contributed by atoms with Gasteiger partial charge in [0.15, 0.2) is 0 Å². The van der Waals surface area contributed by atoms with Crippen LogP contribution in [0.3, 0.4) is 0 Å². The van der Waals surface area contributed by atoms with Crippen LogP contribution in [0, 0.1) is 5.41 Å². The van der Waals surface area contributed by atoms with E-state index in [2.05, 4.69) is 47.8 Å². The molecule has 2 atom stereocenters. The Kier molecular flexibility index (Phi) is 4.31. The van der Waals surface area contributed by atoms with Crippen molar-refractivity contribution in [1.82, 2.24) is 0 Å². The number of alkyl halides is 1. The van der Waals surface area contributed by atoms with Crippen LogP contribution in [0.2, 0.25) is 0 Å². The van der Waals surface area contributed by atoms with Gasteiger partial charge in [0.05, 0.1) is 8.95 Å². The quantitative estimate of drug-likeness (QED) is 0.494. The SMILES string of the molecule is Brc1cccc(Br)c1OC1CC(Br)C12CCCCC2. The standard InChI is InChI=1S/C15H17Br3O/c16-10-5-4-6-11(17)14(10)19-13-9-12(18)15(13)7-2-1-3-8-15/h4-6,12-13H,1-3,7-9H2. The molecule has 4 heteroatoms. The summed E-state index contributed by atoms with van der Waals surface area (Å²) in [6.45, 7) is 0. The summed E-state index contributed by atoms with van der Waals surface area (Å²) in [6.07, 6.45) is 8.15. The normalized spacial score (nSPS) is 29.0. The Labute approximate surface area is 139 Å². The molecule has 2 aliphatic rings. The van der Waals surface area contributed by atoms with Gasteiger partial charge in [-0.25, -0.2) is 0 Å². The highest BCUT2D eigenvalue weighted by Crippen LogP contribution is 2.57. The third kappa shape index (κ3) is 2.53. The number of rotatable bonds is 2. The van der Waals surface area contributed by atoms with E-state index >= 15 is 0 Å². The van der Waals surface area contributed by atoms with Crippen molar-refractivity contribution >= 4 is 47.8 Å². The van der Waals surface area contributed by atoms with Gasteiger partial charge in [0.25, 0.3) is 0 Å². The molecule has 1 nitrogen and oxygen atoms in total. The molecule has 2 unspecified atom stereocenters. The second kappa shape index (κ2) is 5.69. The Bertz CT molecular complexity index is 448. The summed E-state index contributed by atoms with van der Waals surface area (Å²) in [5.74, 6) is 0.955. The molecule has 2 aliphatic carbocycles. The Morgan fingerprint density at radius 1 is 1.05 bits per heavy atom. The maximum atomic E-state index is 6.35. The summed E-state index contributed by atoms with van der Waals surface area (Å²) in [5.41, 5.74) is 0.368. The van der Waals surface area contributed by atoms with E-state index in [1.54, 1.807) is 0 Å². The number of hydrogen-bond donors (Lipinski definition) is 0. The number of halogens is 3. The number of ether oxygens (including phenoxy) is 1. The van der Waals surface area contributed by atoms with Gasteiger partial charge < -0.3 is 4.74 Å². The smallest absolute Gasteiger partial charge is 0.148 e. The molecule has 0 bridgehead atoms. The van der Waals surface area contributed by atoms with Crippen molar-refractivity contribution in [2.45, 2.75) is 49.5 Å². The molecule has 0 aromatic heterocycles. The van der Waals surface area contributed by atoms with E-state index in [1.165, 1.54) is 32.1 Å². The summed E-state index contributed by atoms with van der Waals surface area (Å²) in [6, 6.07) is 6.10. The fraction of sp³-hybridized carbons (Fsp3) is 0.600. The fourth-order valence-corrected chi connectivity index (χ4v) is 5.72. The van der Waals surface area contributed by atoms with Crippen molar-refractivity contribution in [3.8, 4) is 5.75 Å². The molecule has 1 aromatic carbocycles. The average Bonchev–Trinajstić information content (AvgIpc) is 2.43. The monoisotopic (exact) mass is 450 g/mol. The van der Waals surface area contributed by atoms with Gasteiger partial charge in [-0.1, -0.05) is 41.3 Å². The molecule has 1 aromatic rings. The van der Waals surface area contributed by atoms with E-state index in [0.717, 1.165) is 21.1 Å². The summed E-state index contributed by atoms with van der Waals surface area (Å²) >= 11 is 11.0. The lowest BCUT2D eigenvalue weighted by molar-refractivity contribution is -0.0608. The molecule has 3 rings (SSSR count). The summed E-state index contributed by atoms with van der Waals surface area (Å²) < 4.78 is 8.42. The summed E-state index contributed by atoms with van der Waals surface area (Å²) in [7, 11) is 0. The van der Waals surface area contributed by atoms with Crippen LogP contribution >= 0.6 is 47.8 Å². The molecule has 0 radical (unpaired) electrons. The maximum absolute atomic E-state index is 6.35. The molecular weight excluding hydrogens is 436 g/mol. The van der Waals surface area contributed by atoms with Crippen molar-refractivity contribution in [3.63, 3.8) is 0 Å². The Morgan fingerprint density at radius 2 is 1.68 bits per heavy atom. The van der Waals surface area contributed by atoms with Crippen LogP contribution in [0.25, 0.3) is 0 Å². The minimum Gasteiger partial charge on any atom is -0.487 e. The zero-order chi connectivity index (χ0) is 13.5. The van der Waals surface area contributed by atoms with Gasteiger partial charge in [-0.2, -0.15) is 0 Å². The lowest BCUT2D eigenvalue weighted by atomic mass is 9.58. The molecule has 104 valence electrons. The Hall–Kier alpha value is 0.460. The van der Waals surface area contributed by atoms with Crippen molar-refractivity contribution in [3.05, 3.63) is 27.1 Å². The van der Waals surface area contributed by atoms with Crippen molar-refractivity contribution in [2.75, 3.05) is 0 Å². The van der Waals surface area contributed by atoms with E-state index in [0.29, 0.717) is 16.3 Å². The molecule has 0 aliphatic heterocycles. The van der Waals surface area contributed by atoms with Gasteiger partial charge in [0.1, 0.15) is 11.9 Å². The first-order chi connectivity index (χ1) is 9.13. The van der Waals surface area contributed by atoms with Gasteiger partial charge >= 0.3 is 0 Å². The minimum absolute atomic E-state index is 0.354. The molecule has 0 saturated heterocycles. The van der Waals surface area contributed by atoms with Crippen LogP contribution in [-0.2, 0) is 0 Å². The molecule has 2 fully saturated rings. The zero-order valence-electron chi connectivity index (χ0n) is 10.7. The van der Waals surface area contributed by atoms with E-state index in [4.69, 9.17) is 4.74 Å². The third-order valence-electron chi connectivity index (χ3n) is 4.65. The van der Waals surface area contributed by atoms with E-state index < -0.39 is 0 Å². The Morgan fingerprint density at radius 3 is 2.26 bits per heavy atom. The highest BCUT2D eigenvalue weighted by atomic mass is 79.9. The maximum Gasteiger partial charge on any atom is 0.148 e. The molecule has 2 saturated carbocycles. The first kappa shape index (κ1) is 14.4. The minimum atomic E-state index is 0.354. The van der Waals surface area contributed by atoms with Crippen molar-refractivity contribution in [2.24, 2.45) is 5.41 Å². The first-order valence-electron chi connectivity index (χ1n) is 6.88. The van der Waals surface area contributed by atoms with Crippen LogP contribution in [0.5, 0.6) is 5.75 Å². The topological polar surface area (TPSA) is 9.23 Å². The van der Waals surface area contributed by atoms with Gasteiger partial charge in [-0.05, 0) is 63.3 Å². The fourth-order valence-electron chi connectivity index (χ4n) is 3.45. The second-order valence-corrected chi connectivity index (χ2v) is 8.47. The highest BCUT2D eigenvalue weighted by molar-refractivity contribution is 9.11. The number of hydrogen-bond acceptors (Lipinski definition) is 1. The summed E-state index contributed by atoms with van der Waals surface area (Å²) in [5, 5.41) is 0. The predicted octanol–water partition coefficient (Wildman–Crippen LogP) is 6.08. The predicted molar refractivity (Wildman–Crippen MR) is 89.1 cm³/mol. The highest BCUT2D eigenvalue weighted by Gasteiger charge is 2.55. The van der Waals surface area contributed by atoms with Crippen molar-refractivity contribution < 1.29 is 4.74 Å². The van der Waals surface area contributed by atoms with Gasteiger partial charge in [-0.3, -0.25) is 0 Å². The van der Waals surface area contributed by atoms with Crippen LogP contribution in [-0.4, -0.2) is 10.9 Å². The largest absolute Gasteiger partial charge is 0.487 e. The lowest BCUT2D eigenvalue weighted by Crippen LogP contribution is -2.57.